The van der Waals surface area contributed by atoms with Gasteiger partial charge >= 0.3 is 0 Å². The Morgan fingerprint density at radius 2 is 2.44 bits per heavy atom. The van der Waals surface area contributed by atoms with Gasteiger partial charge in [0.1, 0.15) is 10.8 Å². The molecule has 1 aromatic heterocycles. The molecule has 0 radical (unpaired) electrons. The Bertz CT molecular complexity index is 435. The Balaban J connectivity index is 2.06. The van der Waals surface area contributed by atoms with E-state index in [0.29, 0.717) is 11.0 Å². The molecule has 18 heavy (non-hydrogen) atoms. The lowest BCUT2D eigenvalue weighted by Gasteiger charge is -2.26. The summed E-state index contributed by atoms with van der Waals surface area (Å²) in [6, 6.07) is 4.42. The Morgan fingerprint density at radius 1 is 1.67 bits per heavy atom. The van der Waals surface area contributed by atoms with Crippen LogP contribution in [0.3, 0.4) is 0 Å². The molecule has 2 heterocycles. The van der Waals surface area contributed by atoms with Gasteiger partial charge in [-0.1, -0.05) is 12.2 Å². The van der Waals surface area contributed by atoms with Crippen molar-refractivity contribution in [1.29, 1.82) is 0 Å². The summed E-state index contributed by atoms with van der Waals surface area (Å²) < 4.78 is 0. The summed E-state index contributed by atoms with van der Waals surface area (Å²) in [5.41, 5.74) is 6.52. The number of likely N-dealkylation sites (N-methyl/N-ethyl adjacent to an activating group) is 2. The fourth-order valence-electron chi connectivity index (χ4n) is 2.40. The lowest BCUT2D eigenvalue weighted by molar-refractivity contribution is 0.314. The van der Waals surface area contributed by atoms with Gasteiger partial charge in [0.15, 0.2) is 0 Å². The first-order chi connectivity index (χ1) is 8.58. The minimum Gasteiger partial charge on any atom is -0.389 e. The van der Waals surface area contributed by atoms with Crippen molar-refractivity contribution in [3.05, 3.63) is 23.9 Å². The molecule has 0 spiro atoms. The van der Waals surface area contributed by atoms with Gasteiger partial charge in [-0.3, -0.25) is 0 Å². The van der Waals surface area contributed by atoms with E-state index in [2.05, 4.69) is 28.9 Å². The first-order valence-electron chi connectivity index (χ1n) is 6.25. The molecule has 2 N–H and O–H groups in total. The molecule has 1 aliphatic heterocycles. The zero-order chi connectivity index (χ0) is 13.1. The summed E-state index contributed by atoms with van der Waals surface area (Å²) in [5.74, 6) is 0.931. The van der Waals surface area contributed by atoms with Crippen molar-refractivity contribution in [2.75, 3.05) is 32.1 Å². The Morgan fingerprint density at radius 3 is 3.06 bits per heavy atom. The van der Waals surface area contributed by atoms with E-state index in [1.807, 2.05) is 12.1 Å². The number of likely N-dealkylation sites (tertiary alicyclic amines) is 1. The second kappa shape index (κ2) is 5.63. The predicted molar refractivity (Wildman–Crippen MR) is 79.0 cm³/mol. The van der Waals surface area contributed by atoms with Crippen molar-refractivity contribution in [1.82, 2.24) is 9.88 Å². The average molecular weight is 264 g/mol. The predicted octanol–water partition coefficient (Wildman–Crippen LogP) is 1.25. The van der Waals surface area contributed by atoms with Crippen LogP contribution in [0.4, 0.5) is 5.82 Å². The molecule has 1 saturated heterocycles. The molecule has 1 aromatic rings. The van der Waals surface area contributed by atoms with Gasteiger partial charge in [-0.15, -0.1) is 0 Å². The van der Waals surface area contributed by atoms with Crippen LogP contribution in [-0.4, -0.2) is 48.1 Å². The van der Waals surface area contributed by atoms with Crippen molar-refractivity contribution in [3.63, 3.8) is 0 Å². The second-order valence-corrected chi connectivity index (χ2v) is 5.36. The number of thiocarbonyl (C=S) groups is 1. The quantitative estimate of drug-likeness (QED) is 0.829. The number of aromatic nitrogens is 1. The molecule has 1 unspecified atom stereocenters. The smallest absolute Gasteiger partial charge is 0.128 e. The highest BCUT2D eigenvalue weighted by Gasteiger charge is 2.22. The molecule has 0 saturated carbocycles. The number of nitrogens with two attached hydrogens (primary N) is 1. The highest BCUT2D eigenvalue weighted by Crippen LogP contribution is 2.18. The van der Waals surface area contributed by atoms with E-state index in [1.165, 1.54) is 19.4 Å². The molecule has 1 atom stereocenters. The topological polar surface area (TPSA) is 45.4 Å². The monoisotopic (exact) mass is 264 g/mol. The maximum Gasteiger partial charge on any atom is 0.128 e. The van der Waals surface area contributed by atoms with E-state index in [-0.39, 0.29) is 0 Å². The van der Waals surface area contributed by atoms with Crippen LogP contribution in [0.1, 0.15) is 18.4 Å². The summed E-state index contributed by atoms with van der Waals surface area (Å²) in [4.78, 5) is 9.39. The summed E-state index contributed by atoms with van der Waals surface area (Å²) in [6.07, 6.45) is 4.31. The molecule has 0 aliphatic carbocycles. The van der Waals surface area contributed by atoms with Gasteiger partial charge < -0.3 is 15.5 Å². The fourth-order valence-corrected chi connectivity index (χ4v) is 2.53. The van der Waals surface area contributed by atoms with Crippen molar-refractivity contribution in [2.45, 2.75) is 18.9 Å². The molecule has 0 amide bonds. The zero-order valence-electron chi connectivity index (χ0n) is 11.0. The lowest BCUT2D eigenvalue weighted by atomic mass is 10.2. The Hall–Kier alpha value is -1.20. The van der Waals surface area contributed by atoms with Crippen LogP contribution in [0.15, 0.2) is 18.3 Å². The molecule has 1 fully saturated rings. The number of anilines is 1. The van der Waals surface area contributed by atoms with Gasteiger partial charge in [0.25, 0.3) is 0 Å². The first kappa shape index (κ1) is 13.2. The Labute approximate surface area is 114 Å². The molecular formula is C13H20N4S. The van der Waals surface area contributed by atoms with Crippen molar-refractivity contribution in [3.8, 4) is 0 Å². The van der Waals surface area contributed by atoms with Gasteiger partial charge in [-0.2, -0.15) is 0 Å². The number of hydrogen-bond acceptors (Lipinski definition) is 4. The molecule has 0 bridgehead atoms. The van der Waals surface area contributed by atoms with Crippen LogP contribution in [0.5, 0.6) is 0 Å². The van der Waals surface area contributed by atoms with Gasteiger partial charge in [0, 0.05) is 31.4 Å². The summed E-state index contributed by atoms with van der Waals surface area (Å²) in [7, 11) is 4.25. The van der Waals surface area contributed by atoms with Gasteiger partial charge in [0.2, 0.25) is 0 Å². The second-order valence-electron chi connectivity index (χ2n) is 4.92. The molecule has 98 valence electrons. The molecular weight excluding hydrogens is 244 g/mol. The van der Waals surface area contributed by atoms with E-state index in [4.69, 9.17) is 18.0 Å². The van der Waals surface area contributed by atoms with Crippen LogP contribution >= 0.6 is 12.2 Å². The van der Waals surface area contributed by atoms with Crippen molar-refractivity contribution >= 4 is 23.0 Å². The maximum atomic E-state index is 5.65. The van der Waals surface area contributed by atoms with Crippen LogP contribution in [0.2, 0.25) is 0 Å². The third kappa shape index (κ3) is 2.97. The third-order valence-electron chi connectivity index (χ3n) is 3.58. The fraction of sp³-hybridized carbons (Fsp3) is 0.538. The van der Waals surface area contributed by atoms with E-state index in [1.54, 1.807) is 6.20 Å². The standard InChI is InChI=1S/C13H20N4S/c1-16-7-3-4-11(16)9-17(2)12-8-10(13(14)18)5-6-15-12/h5-6,8,11H,3-4,7,9H2,1-2H3,(H2,14,18). The van der Waals surface area contributed by atoms with Gasteiger partial charge in [0.05, 0.1) is 0 Å². The summed E-state index contributed by atoms with van der Waals surface area (Å²) in [6.45, 7) is 2.18. The number of rotatable bonds is 4. The third-order valence-corrected chi connectivity index (χ3v) is 3.81. The van der Waals surface area contributed by atoms with E-state index >= 15 is 0 Å². The highest BCUT2D eigenvalue weighted by molar-refractivity contribution is 7.80. The number of hydrogen-bond donors (Lipinski definition) is 1. The van der Waals surface area contributed by atoms with Gasteiger partial charge in [-0.05, 0) is 38.6 Å². The van der Waals surface area contributed by atoms with Crippen LogP contribution in [-0.2, 0) is 0 Å². The van der Waals surface area contributed by atoms with Crippen LogP contribution in [0, 0.1) is 0 Å². The average Bonchev–Trinajstić information content (AvgIpc) is 2.75. The van der Waals surface area contributed by atoms with Crippen molar-refractivity contribution < 1.29 is 0 Å². The maximum absolute atomic E-state index is 5.65. The molecule has 2 rings (SSSR count). The highest BCUT2D eigenvalue weighted by atomic mass is 32.1. The largest absolute Gasteiger partial charge is 0.389 e. The van der Waals surface area contributed by atoms with Crippen molar-refractivity contribution in [2.24, 2.45) is 5.73 Å². The van der Waals surface area contributed by atoms with Crippen LogP contribution in [0.25, 0.3) is 0 Å². The van der Waals surface area contributed by atoms with Gasteiger partial charge in [-0.25, -0.2) is 4.98 Å². The van der Waals surface area contributed by atoms with E-state index in [0.717, 1.165) is 17.9 Å². The summed E-state index contributed by atoms with van der Waals surface area (Å²) >= 11 is 4.99. The molecule has 4 nitrogen and oxygen atoms in total. The zero-order valence-corrected chi connectivity index (χ0v) is 11.8. The number of pyridine rings is 1. The molecule has 1 aliphatic rings. The number of nitrogens with zero attached hydrogens (tertiary/aromatic N) is 3. The van der Waals surface area contributed by atoms with E-state index in [9.17, 15) is 0 Å². The minimum absolute atomic E-state index is 0.421. The normalized spacial score (nSPS) is 20.0. The van der Waals surface area contributed by atoms with E-state index < -0.39 is 0 Å². The summed E-state index contributed by atoms with van der Waals surface area (Å²) in [5, 5.41) is 0. The SMILES string of the molecule is CN(CC1CCCN1C)c1cc(C(N)=S)ccn1. The van der Waals surface area contributed by atoms with Crippen LogP contribution < -0.4 is 10.6 Å². The molecule has 0 aromatic carbocycles. The lowest BCUT2D eigenvalue weighted by Crippen LogP contribution is -2.37. The Kier molecular flexibility index (Phi) is 4.14. The minimum atomic E-state index is 0.421. The first-order valence-corrected chi connectivity index (χ1v) is 6.66. The molecule has 5 heteroatoms.